The minimum atomic E-state index is -0.421. The van der Waals surface area contributed by atoms with E-state index in [1.807, 2.05) is 11.8 Å². The summed E-state index contributed by atoms with van der Waals surface area (Å²) < 4.78 is 0. The number of hydrogen-bond donors (Lipinski definition) is 1. The van der Waals surface area contributed by atoms with Gasteiger partial charge in [0.05, 0.1) is 0 Å². The van der Waals surface area contributed by atoms with E-state index < -0.39 is 6.10 Å². The molecular weight excluding hydrogens is 268 g/mol. The van der Waals surface area contributed by atoms with Crippen LogP contribution in [0.2, 0.25) is 0 Å². The number of thiophene rings is 2. The molecule has 1 aliphatic rings. The molecule has 0 fully saturated rings. The molecule has 90 valence electrons. The Morgan fingerprint density at radius 2 is 2.29 bits per heavy atom. The van der Waals surface area contributed by atoms with Gasteiger partial charge in [0.15, 0.2) is 0 Å². The summed E-state index contributed by atoms with van der Waals surface area (Å²) in [6, 6.07) is 4.28. The molecule has 0 aliphatic carbocycles. The summed E-state index contributed by atoms with van der Waals surface area (Å²) in [6.07, 6.45) is 0.747. The minimum Gasteiger partial charge on any atom is -0.382 e. The van der Waals surface area contributed by atoms with Crippen LogP contribution < -0.4 is 0 Å². The molecule has 1 atom stereocenters. The highest BCUT2D eigenvalue weighted by Crippen LogP contribution is 2.38. The largest absolute Gasteiger partial charge is 0.382 e. The fourth-order valence-electron chi connectivity index (χ4n) is 2.10. The Morgan fingerprint density at radius 3 is 3.00 bits per heavy atom. The Hall–Kier alpha value is -0.290. The molecule has 17 heavy (non-hydrogen) atoms. The molecule has 0 saturated carbocycles. The van der Waals surface area contributed by atoms with Crippen molar-refractivity contribution >= 4 is 34.4 Å². The first-order chi connectivity index (χ1) is 8.25. The molecule has 0 spiro atoms. The maximum atomic E-state index is 10.4. The first-order valence-corrected chi connectivity index (χ1v) is 8.52. The molecule has 0 saturated heterocycles. The van der Waals surface area contributed by atoms with Crippen LogP contribution >= 0.6 is 34.4 Å². The number of thioether (sulfide) groups is 1. The van der Waals surface area contributed by atoms with Crippen LogP contribution in [0.25, 0.3) is 0 Å². The van der Waals surface area contributed by atoms with Crippen molar-refractivity contribution in [2.24, 2.45) is 0 Å². The highest BCUT2D eigenvalue weighted by molar-refractivity contribution is 7.98. The van der Waals surface area contributed by atoms with Crippen molar-refractivity contribution < 1.29 is 5.11 Å². The van der Waals surface area contributed by atoms with Crippen LogP contribution in [0.1, 0.15) is 31.9 Å². The Balaban J connectivity index is 1.94. The second-order valence-corrected chi connectivity index (χ2v) is 7.49. The molecule has 4 heteroatoms. The maximum absolute atomic E-state index is 10.4. The Morgan fingerprint density at radius 1 is 1.41 bits per heavy atom. The van der Waals surface area contributed by atoms with Gasteiger partial charge < -0.3 is 5.11 Å². The summed E-state index contributed by atoms with van der Waals surface area (Å²) in [4.78, 5) is 3.69. The molecule has 2 aromatic rings. The van der Waals surface area contributed by atoms with Gasteiger partial charge in [-0.05, 0) is 47.7 Å². The van der Waals surface area contributed by atoms with E-state index >= 15 is 0 Å². The van der Waals surface area contributed by atoms with Crippen LogP contribution in [0.3, 0.4) is 0 Å². The topological polar surface area (TPSA) is 20.2 Å². The van der Waals surface area contributed by atoms with E-state index in [4.69, 9.17) is 0 Å². The summed E-state index contributed by atoms with van der Waals surface area (Å²) in [5.74, 6) is 2.34. The zero-order valence-electron chi connectivity index (χ0n) is 9.60. The summed E-state index contributed by atoms with van der Waals surface area (Å²) in [7, 11) is 0. The van der Waals surface area contributed by atoms with Crippen molar-refractivity contribution in [3.63, 3.8) is 0 Å². The number of aliphatic hydroxyl groups excluding tert-OH is 1. The van der Waals surface area contributed by atoms with Crippen molar-refractivity contribution in [2.75, 3.05) is 5.75 Å². The zero-order chi connectivity index (χ0) is 11.8. The number of hydrogen-bond acceptors (Lipinski definition) is 4. The molecule has 1 aliphatic heterocycles. The van der Waals surface area contributed by atoms with Gasteiger partial charge in [0.1, 0.15) is 6.10 Å². The fraction of sp³-hybridized carbons (Fsp3) is 0.385. The average molecular weight is 282 g/mol. The standard InChI is InChI=1S/C13H14OS3/c1-8-2-5-16-13(8)12(14)11-6-9-7-15-4-3-10(9)17-11/h2,5-6,12,14H,3-4,7H2,1H3. The van der Waals surface area contributed by atoms with Crippen LogP contribution in [-0.2, 0) is 12.2 Å². The van der Waals surface area contributed by atoms with E-state index in [1.54, 1.807) is 22.7 Å². The lowest BCUT2D eigenvalue weighted by molar-refractivity contribution is 0.227. The maximum Gasteiger partial charge on any atom is 0.123 e. The van der Waals surface area contributed by atoms with Crippen LogP contribution in [0.5, 0.6) is 0 Å². The number of rotatable bonds is 2. The Bertz CT molecular complexity index is 503. The second-order valence-electron chi connectivity index (χ2n) is 4.27. The molecule has 0 bridgehead atoms. The molecule has 0 amide bonds. The third kappa shape index (κ3) is 2.19. The molecule has 3 rings (SSSR count). The summed E-state index contributed by atoms with van der Waals surface area (Å²) in [5, 5.41) is 12.5. The lowest BCUT2D eigenvalue weighted by atomic mass is 10.1. The monoisotopic (exact) mass is 282 g/mol. The van der Waals surface area contributed by atoms with E-state index in [2.05, 4.69) is 24.4 Å². The van der Waals surface area contributed by atoms with Crippen molar-refractivity contribution in [2.45, 2.75) is 25.2 Å². The van der Waals surface area contributed by atoms with Gasteiger partial charge >= 0.3 is 0 Å². The molecule has 2 aromatic heterocycles. The second kappa shape index (κ2) is 4.76. The quantitative estimate of drug-likeness (QED) is 0.899. The van der Waals surface area contributed by atoms with Gasteiger partial charge in [-0.15, -0.1) is 22.7 Å². The third-order valence-electron chi connectivity index (χ3n) is 3.07. The van der Waals surface area contributed by atoms with Gasteiger partial charge in [-0.1, -0.05) is 0 Å². The van der Waals surface area contributed by atoms with Gasteiger partial charge in [0.25, 0.3) is 0 Å². The number of aryl methyl sites for hydroxylation is 2. The smallest absolute Gasteiger partial charge is 0.123 e. The van der Waals surface area contributed by atoms with Crippen molar-refractivity contribution in [3.8, 4) is 0 Å². The minimum absolute atomic E-state index is 0.421. The zero-order valence-corrected chi connectivity index (χ0v) is 12.1. The average Bonchev–Trinajstić information content (AvgIpc) is 2.93. The van der Waals surface area contributed by atoms with Gasteiger partial charge in [-0.3, -0.25) is 0 Å². The van der Waals surface area contributed by atoms with Crippen molar-refractivity contribution in [1.29, 1.82) is 0 Å². The lowest BCUT2D eigenvalue weighted by Crippen LogP contribution is -1.96. The summed E-state index contributed by atoms with van der Waals surface area (Å²) in [5.41, 5.74) is 2.64. The SMILES string of the molecule is Cc1ccsc1C(O)c1cc2c(s1)CCSC2. The summed E-state index contributed by atoms with van der Waals surface area (Å²) >= 11 is 5.43. The highest BCUT2D eigenvalue weighted by Gasteiger charge is 2.20. The van der Waals surface area contributed by atoms with Gasteiger partial charge in [-0.25, -0.2) is 0 Å². The molecule has 0 radical (unpaired) electrons. The van der Waals surface area contributed by atoms with E-state index in [0.717, 1.165) is 15.5 Å². The van der Waals surface area contributed by atoms with E-state index in [9.17, 15) is 5.11 Å². The van der Waals surface area contributed by atoms with Crippen LogP contribution in [0.15, 0.2) is 17.5 Å². The van der Waals surface area contributed by atoms with E-state index in [-0.39, 0.29) is 0 Å². The van der Waals surface area contributed by atoms with Gasteiger partial charge in [-0.2, -0.15) is 11.8 Å². The lowest BCUT2D eigenvalue weighted by Gasteiger charge is -2.08. The third-order valence-corrected chi connectivity index (χ3v) is 6.44. The number of aliphatic hydroxyl groups is 1. The Kier molecular flexibility index (Phi) is 3.30. The summed E-state index contributed by atoms with van der Waals surface area (Å²) in [6.45, 7) is 2.07. The predicted molar refractivity (Wildman–Crippen MR) is 77.3 cm³/mol. The fourth-order valence-corrected chi connectivity index (χ4v) is 5.47. The van der Waals surface area contributed by atoms with E-state index in [1.165, 1.54) is 28.2 Å². The predicted octanol–water partition coefficient (Wildman–Crippen LogP) is 3.99. The van der Waals surface area contributed by atoms with Crippen molar-refractivity contribution in [1.82, 2.24) is 0 Å². The number of fused-ring (bicyclic) bond motifs is 1. The first-order valence-electron chi connectivity index (χ1n) is 5.67. The molecule has 0 aromatic carbocycles. The van der Waals surface area contributed by atoms with E-state index in [0.29, 0.717) is 0 Å². The van der Waals surface area contributed by atoms with Crippen LogP contribution in [-0.4, -0.2) is 10.9 Å². The molecule has 1 nitrogen and oxygen atoms in total. The first kappa shape index (κ1) is 11.8. The normalized spacial score (nSPS) is 16.8. The highest BCUT2D eigenvalue weighted by atomic mass is 32.2. The molecule has 3 heterocycles. The Labute approximate surface area is 114 Å². The molecule has 1 N–H and O–H groups in total. The van der Waals surface area contributed by atoms with Gasteiger partial charge in [0.2, 0.25) is 0 Å². The molecule has 1 unspecified atom stereocenters. The molecular formula is C13H14OS3. The van der Waals surface area contributed by atoms with Crippen molar-refractivity contribution in [3.05, 3.63) is 43.3 Å². The van der Waals surface area contributed by atoms with Crippen LogP contribution in [0.4, 0.5) is 0 Å². The van der Waals surface area contributed by atoms with Crippen LogP contribution in [0, 0.1) is 6.92 Å². The van der Waals surface area contributed by atoms with Gasteiger partial charge in [0, 0.05) is 20.4 Å².